The molecule has 1 rings (SSSR count). The van der Waals surface area contributed by atoms with Crippen LogP contribution in [0.3, 0.4) is 0 Å². The largest absolute Gasteiger partial charge is 0.489 e. The number of rotatable bonds is 7. The summed E-state index contributed by atoms with van der Waals surface area (Å²) in [5, 5.41) is 2.65. The molecule has 0 aliphatic heterocycles. The summed E-state index contributed by atoms with van der Waals surface area (Å²) in [4.78, 5) is 25.0. The van der Waals surface area contributed by atoms with E-state index < -0.39 is 11.9 Å². The first-order valence-corrected chi connectivity index (χ1v) is 7.22. The lowest BCUT2D eigenvalue weighted by Gasteiger charge is -2.26. The molecule has 6 heteroatoms. The Morgan fingerprint density at radius 1 is 1.32 bits per heavy atom. The van der Waals surface area contributed by atoms with Crippen LogP contribution < -0.4 is 10.1 Å². The van der Waals surface area contributed by atoms with Gasteiger partial charge in [0.05, 0.1) is 6.54 Å². The van der Waals surface area contributed by atoms with Gasteiger partial charge in [-0.3, -0.25) is 9.59 Å². The highest BCUT2D eigenvalue weighted by Crippen LogP contribution is 2.15. The van der Waals surface area contributed by atoms with E-state index in [-0.39, 0.29) is 30.1 Å². The molecule has 122 valence electrons. The summed E-state index contributed by atoms with van der Waals surface area (Å²) in [7, 11) is 1.63. The third-order valence-corrected chi connectivity index (χ3v) is 3.19. The number of nitrogens with one attached hydrogen (secondary N) is 1. The van der Waals surface area contributed by atoms with Gasteiger partial charge in [-0.1, -0.05) is 26.0 Å². The van der Waals surface area contributed by atoms with Gasteiger partial charge < -0.3 is 15.0 Å². The number of amides is 2. The molecule has 0 heterocycles. The van der Waals surface area contributed by atoms with Crippen molar-refractivity contribution in [3.05, 3.63) is 30.1 Å². The summed E-state index contributed by atoms with van der Waals surface area (Å²) in [6.07, 6.45) is 0. The maximum atomic E-state index is 13.4. The standard InChI is InChI=1S/C16H23FN2O3/c1-11(2)15(18-12(3)20)16(21)19(4)9-10-22-14-8-6-5-7-13(14)17/h5-8,11,15H,9-10H2,1-4H3,(H,18,20). The smallest absolute Gasteiger partial charge is 0.245 e. The van der Waals surface area contributed by atoms with Crippen LogP contribution in [0.5, 0.6) is 5.75 Å². The quantitative estimate of drug-likeness (QED) is 0.836. The molecule has 0 saturated carbocycles. The number of carbonyl (C=O) groups excluding carboxylic acids is 2. The van der Waals surface area contributed by atoms with E-state index in [0.29, 0.717) is 6.54 Å². The molecule has 0 aromatic heterocycles. The molecule has 1 unspecified atom stereocenters. The van der Waals surface area contributed by atoms with Crippen molar-refractivity contribution in [2.24, 2.45) is 5.92 Å². The molecule has 0 fully saturated rings. The Morgan fingerprint density at radius 3 is 2.50 bits per heavy atom. The van der Waals surface area contributed by atoms with Crippen molar-refractivity contribution in [1.82, 2.24) is 10.2 Å². The fourth-order valence-electron chi connectivity index (χ4n) is 1.93. The zero-order chi connectivity index (χ0) is 16.7. The molecule has 1 N–H and O–H groups in total. The first-order valence-electron chi connectivity index (χ1n) is 7.22. The molecule has 0 aliphatic carbocycles. The number of benzene rings is 1. The van der Waals surface area contributed by atoms with Crippen LogP contribution in [0.25, 0.3) is 0 Å². The molecule has 0 bridgehead atoms. The summed E-state index contributed by atoms with van der Waals surface area (Å²) in [6, 6.07) is 5.54. The molecule has 2 amide bonds. The zero-order valence-corrected chi connectivity index (χ0v) is 13.4. The third-order valence-electron chi connectivity index (χ3n) is 3.19. The SMILES string of the molecule is CC(=O)NC(C(=O)N(C)CCOc1ccccc1F)C(C)C. The average Bonchev–Trinajstić information content (AvgIpc) is 2.45. The molecular weight excluding hydrogens is 287 g/mol. The molecule has 0 aliphatic rings. The van der Waals surface area contributed by atoms with Gasteiger partial charge in [0.25, 0.3) is 0 Å². The van der Waals surface area contributed by atoms with E-state index in [4.69, 9.17) is 4.74 Å². The number of likely N-dealkylation sites (N-methyl/N-ethyl adjacent to an activating group) is 1. The van der Waals surface area contributed by atoms with Crippen molar-refractivity contribution in [2.75, 3.05) is 20.2 Å². The van der Waals surface area contributed by atoms with E-state index in [1.165, 1.54) is 24.0 Å². The summed E-state index contributed by atoms with van der Waals surface area (Å²) in [6.45, 7) is 5.58. The average molecular weight is 310 g/mol. The minimum atomic E-state index is -0.573. The van der Waals surface area contributed by atoms with Crippen LogP contribution in [-0.4, -0.2) is 43.0 Å². The maximum absolute atomic E-state index is 13.4. The zero-order valence-electron chi connectivity index (χ0n) is 13.4. The summed E-state index contributed by atoms with van der Waals surface area (Å²) >= 11 is 0. The Kier molecular flexibility index (Phi) is 6.82. The second kappa shape index (κ2) is 8.36. The predicted molar refractivity (Wildman–Crippen MR) is 82.0 cm³/mol. The number of carbonyl (C=O) groups is 2. The lowest BCUT2D eigenvalue weighted by Crippen LogP contribution is -2.50. The Bertz CT molecular complexity index is 520. The topological polar surface area (TPSA) is 58.6 Å². The van der Waals surface area contributed by atoms with Gasteiger partial charge in [-0.2, -0.15) is 0 Å². The summed E-state index contributed by atoms with van der Waals surface area (Å²) < 4.78 is 18.7. The third kappa shape index (κ3) is 5.35. The summed E-state index contributed by atoms with van der Waals surface area (Å²) in [5.74, 6) is -0.739. The van der Waals surface area contributed by atoms with Crippen molar-refractivity contribution in [3.63, 3.8) is 0 Å². The van der Waals surface area contributed by atoms with Gasteiger partial charge >= 0.3 is 0 Å². The van der Waals surface area contributed by atoms with Crippen LogP contribution in [0.2, 0.25) is 0 Å². The van der Waals surface area contributed by atoms with Crippen LogP contribution in [-0.2, 0) is 9.59 Å². The van der Waals surface area contributed by atoms with E-state index in [0.717, 1.165) is 0 Å². The number of nitrogens with zero attached hydrogens (tertiary/aromatic N) is 1. The van der Waals surface area contributed by atoms with Gasteiger partial charge in [0.15, 0.2) is 11.6 Å². The Labute approximate surface area is 130 Å². The first-order chi connectivity index (χ1) is 10.3. The van der Waals surface area contributed by atoms with Crippen molar-refractivity contribution < 1.29 is 18.7 Å². The second-order valence-electron chi connectivity index (χ2n) is 5.46. The Morgan fingerprint density at radius 2 is 1.95 bits per heavy atom. The van der Waals surface area contributed by atoms with Crippen molar-refractivity contribution in [2.45, 2.75) is 26.8 Å². The van der Waals surface area contributed by atoms with E-state index in [2.05, 4.69) is 5.32 Å². The highest BCUT2D eigenvalue weighted by Gasteiger charge is 2.25. The van der Waals surface area contributed by atoms with E-state index in [1.54, 1.807) is 19.2 Å². The van der Waals surface area contributed by atoms with Crippen LogP contribution in [0.1, 0.15) is 20.8 Å². The number of hydrogen-bond donors (Lipinski definition) is 1. The Hall–Kier alpha value is -2.11. The molecule has 22 heavy (non-hydrogen) atoms. The van der Waals surface area contributed by atoms with Gasteiger partial charge in [-0.25, -0.2) is 4.39 Å². The maximum Gasteiger partial charge on any atom is 0.245 e. The van der Waals surface area contributed by atoms with Crippen LogP contribution in [0.15, 0.2) is 24.3 Å². The monoisotopic (exact) mass is 310 g/mol. The first kappa shape index (κ1) is 17.9. The number of hydrogen-bond acceptors (Lipinski definition) is 3. The van der Waals surface area contributed by atoms with E-state index in [1.807, 2.05) is 13.8 Å². The predicted octanol–water partition coefficient (Wildman–Crippen LogP) is 1.82. The van der Waals surface area contributed by atoms with Crippen molar-refractivity contribution >= 4 is 11.8 Å². The lowest BCUT2D eigenvalue weighted by atomic mass is 10.0. The minimum absolute atomic E-state index is 0.0219. The van der Waals surface area contributed by atoms with Gasteiger partial charge in [0, 0.05) is 14.0 Å². The Balaban J connectivity index is 2.53. The number of para-hydroxylation sites is 1. The van der Waals surface area contributed by atoms with Crippen molar-refractivity contribution in [3.8, 4) is 5.75 Å². The molecule has 5 nitrogen and oxygen atoms in total. The molecule has 0 saturated heterocycles. The number of halogens is 1. The molecule has 1 aromatic carbocycles. The van der Waals surface area contributed by atoms with Crippen LogP contribution >= 0.6 is 0 Å². The van der Waals surface area contributed by atoms with Gasteiger partial charge in [0.2, 0.25) is 11.8 Å². The van der Waals surface area contributed by atoms with Crippen LogP contribution in [0.4, 0.5) is 4.39 Å². The molecule has 0 spiro atoms. The van der Waals surface area contributed by atoms with Gasteiger partial charge in [0.1, 0.15) is 12.6 Å². The normalized spacial score (nSPS) is 11.9. The lowest BCUT2D eigenvalue weighted by molar-refractivity contribution is -0.136. The van der Waals surface area contributed by atoms with E-state index in [9.17, 15) is 14.0 Å². The van der Waals surface area contributed by atoms with Crippen LogP contribution in [0, 0.1) is 11.7 Å². The van der Waals surface area contributed by atoms with Crippen molar-refractivity contribution in [1.29, 1.82) is 0 Å². The minimum Gasteiger partial charge on any atom is -0.489 e. The number of ether oxygens (including phenoxy) is 1. The van der Waals surface area contributed by atoms with Gasteiger partial charge in [-0.05, 0) is 18.1 Å². The fourth-order valence-corrected chi connectivity index (χ4v) is 1.93. The molecule has 0 radical (unpaired) electrons. The second-order valence-corrected chi connectivity index (χ2v) is 5.46. The molecule has 1 aromatic rings. The summed E-state index contributed by atoms with van der Waals surface area (Å²) in [5.41, 5.74) is 0. The van der Waals surface area contributed by atoms with Gasteiger partial charge in [-0.15, -0.1) is 0 Å². The molecule has 1 atom stereocenters. The highest BCUT2D eigenvalue weighted by atomic mass is 19.1. The highest BCUT2D eigenvalue weighted by molar-refractivity contribution is 5.86. The molecular formula is C16H23FN2O3. The van der Waals surface area contributed by atoms with E-state index >= 15 is 0 Å². The fraction of sp³-hybridized carbons (Fsp3) is 0.500.